The van der Waals surface area contributed by atoms with Crippen LogP contribution in [0.5, 0.6) is 0 Å². The largest absolute Gasteiger partial charge is 0.490 e. The fourth-order valence-corrected chi connectivity index (χ4v) is 1.02. The quantitative estimate of drug-likeness (QED) is 0.495. The number of carbonyl (C=O) groups is 4. The summed E-state index contributed by atoms with van der Waals surface area (Å²) in [6.45, 7) is 0. The third-order valence-corrected chi connectivity index (χ3v) is 2.02. The Bertz CT molecular complexity index is 521. The molecule has 0 aliphatic heterocycles. The average Bonchev–Trinajstić information content (AvgIpc) is 2.33. The monoisotopic (exact) mass is 309 g/mol. The van der Waals surface area contributed by atoms with Crippen LogP contribution in [-0.2, 0) is 19.2 Å². The van der Waals surface area contributed by atoms with Crippen molar-refractivity contribution in [2.75, 3.05) is 0 Å². The molecule has 0 spiro atoms. The summed E-state index contributed by atoms with van der Waals surface area (Å²) in [7, 11) is 0. The molecule has 1 atom stereocenters. The van der Waals surface area contributed by atoms with E-state index in [-0.39, 0.29) is 6.42 Å². The summed E-state index contributed by atoms with van der Waals surface area (Å²) in [6.07, 6.45) is -1.39. The lowest BCUT2D eigenvalue weighted by Crippen LogP contribution is -2.30. The molecule has 0 aromatic rings. The highest BCUT2D eigenvalue weighted by Crippen LogP contribution is 2.13. The van der Waals surface area contributed by atoms with Crippen molar-refractivity contribution in [1.29, 1.82) is 0 Å². The van der Waals surface area contributed by atoms with Gasteiger partial charge in [0.05, 0.1) is 0 Å². The zero-order chi connectivity index (χ0) is 16.8. The second-order valence-corrected chi connectivity index (χ2v) is 3.73. The molecule has 0 radical (unpaired) electrons. The van der Waals surface area contributed by atoms with E-state index >= 15 is 0 Å². The molecule has 10 heteroatoms. The number of ketones is 2. The molecule has 0 unspecified atom stereocenters. The molecule has 0 saturated heterocycles. The van der Waals surface area contributed by atoms with Gasteiger partial charge in [-0.25, -0.2) is 4.79 Å². The highest BCUT2D eigenvalue weighted by Gasteiger charge is 2.38. The van der Waals surface area contributed by atoms with E-state index in [0.717, 1.165) is 12.2 Å². The van der Waals surface area contributed by atoms with Crippen LogP contribution >= 0.6 is 0 Å². The first-order valence-corrected chi connectivity index (χ1v) is 5.20. The van der Waals surface area contributed by atoms with Crippen LogP contribution in [0.25, 0.3) is 0 Å². The maximum atomic E-state index is 10.9. The number of carboxylic acids is 2. The van der Waals surface area contributed by atoms with Gasteiger partial charge in [-0.15, -0.1) is 0 Å². The third-order valence-electron chi connectivity index (χ3n) is 2.02. The Morgan fingerprint density at radius 2 is 1.62 bits per heavy atom. The van der Waals surface area contributed by atoms with Crippen LogP contribution < -0.4 is 5.73 Å². The number of allylic oxidation sites excluding steroid dienone is 3. The summed E-state index contributed by atoms with van der Waals surface area (Å²) >= 11 is 0. The maximum Gasteiger partial charge on any atom is 0.490 e. The summed E-state index contributed by atoms with van der Waals surface area (Å²) in [5.74, 6) is -5.13. The third kappa shape index (κ3) is 7.01. The Hall–Kier alpha value is -2.49. The number of alkyl halides is 3. The smallest absolute Gasteiger partial charge is 0.480 e. The van der Waals surface area contributed by atoms with Crippen LogP contribution in [0.3, 0.4) is 0 Å². The van der Waals surface area contributed by atoms with Crippen LogP contribution in [0.15, 0.2) is 23.8 Å². The Morgan fingerprint density at radius 1 is 1.14 bits per heavy atom. The van der Waals surface area contributed by atoms with Gasteiger partial charge in [0.15, 0.2) is 0 Å². The van der Waals surface area contributed by atoms with E-state index in [0.29, 0.717) is 5.57 Å². The molecular weight excluding hydrogens is 299 g/mol. The molecule has 21 heavy (non-hydrogen) atoms. The summed E-state index contributed by atoms with van der Waals surface area (Å²) in [5.41, 5.74) is 5.72. The average molecular weight is 309 g/mol. The van der Waals surface area contributed by atoms with E-state index in [1.54, 1.807) is 0 Å². The number of hydrogen-bond acceptors (Lipinski definition) is 5. The lowest BCUT2D eigenvalue weighted by atomic mass is 9.99. The standard InChI is InChI=1S/C9H9NO4.C2HF3O2/c10-6(9(13)14)3-5-1-2-7(11)8(12)4-5;3-2(4,5)1(6)7/h1-2,4,6H,3,10H2,(H,13,14);(H,6,7)/t6-;/m0./s1. The Labute approximate surface area is 115 Å². The summed E-state index contributed by atoms with van der Waals surface area (Å²) in [6, 6.07) is -1.05. The van der Waals surface area contributed by atoms with Crippen LogP contribution in [0, 0.1) is 0 Å². The van der Waals surface area contributed by atoms with E-state index in [1.807, 2.05) is 0 Å². The van der Waals surface area contributed by atoms with Gasteiger partial charge in [0.25, 0.3) is 0 Å². The van der Waals surface area contributed by atoms with Crippen molar-refractivity contribution in [2.24, 2.45) is 5.73 Å². The molecule has 0 bridgehead atoms. The van der Waals surface area contributed by atoms with Gasteiger partial charge in [0, 0.05) is 0 Å². The van der Waals surface area contributed by atoms with Gasteiger partial charge >= 0.3 is 18.1 Å². The fraction of sp³-hybridized carbons (Fsp3) is 0.273. The number of carbonyl (C=O) groups excluding carboxylic acids is 2. The summed E-state index contributed by atoms with van der Waals surface area (Å²) in [5, 5.41) is 15.6. The molecule has 116 valence electrons. The van der Waals surface area contributed by atoms with Gasteiger partial charge in [0.1, 0.15) is 6.04 Å². The van der Waals surface area contributed by atoms with E-state index in [2.05, 4.69) is 0 Å². The van der Waals surface area contributed by atoms with Crippen molar-refractivity contribution in [3.05, 3.63) is 23.8 Å². The van der Waals surface area contributed by atoms with Gasteiger partial charge in [-0.05, 0) is 24.1 Å². The summed E-state index contributed by atoms with van der Waals surface area (Å²) in [4.78, 5) is 40.9. The molecule has 0 fully saturated rings. The molecule has 4 N–H and O–H groups in total. The van der Waals surface area contributed by atoms with Crippen molar-refractivity contribution < 1.29 is 42.6 Å². The number of hydrogen-bond donors (Lipinski definition) is 3. The van der Waals surface area contributed by atoms with Crippen molar-refractivity contribution >= 4 is 23.5 Å². The highest BCUT2D eigenvalue weighted by atomic mass is 19.4. The highest BCUT2D eigenvalue weighted by molar-refractivity contribution is 6.46. The number of nitrogens with two attached hydrogens (primary N) is 1. The second kappa shape index (κ2) is 7.33. The Morgan fingerprint density at radius 3 is 1.95 bits per heavy atom. The van der Waals surface area contributed by atoms with Crippen molar-refractivity contribution in [1.82, 2.24) is 0 Å². The molecule has 0 amide bonds. The molecule has 7 nitrogen and oxygen atoms in total. The topological polar surface area (TPSA) is 135 Å². The number of rotatable bonds is 3. The van der Waals surface area contributed by atoms with Gasteiger partial charge in [-0.3, -0.25) is 14.4 Å². The Kier molecular flexibility index (Phi) is 6.46. The lowest BCUT2D eigenvalue weighted by molar-refractivity contribution is -0.192. The SMILES string of the molecule is N[C@@H](CC1=CC(=O)C(=O)C=C1)C(=O)O.O=C(O)C(F)(F)F. The Balaban J connectivity index is 0.000000486. The molecule has 0 aromatic carbocycles. The second-order valence-electron chi connectivity index (χ2n) is 3.73. The van der Waals surface area contributed by atoms with Gasteiger partial charge < -0.3 is 15.9 Å². The van der Waals surface area contributed by atoms with Crippen LogP contribution in [0.4, 0.5) is 13.2 Å². The zero-order valence-corrected chi connectivity index (χ0v) is 10.3. The molecule has 1 aliphatic carbocycles. The molecule has 0 aromatic heterocycles. The number of carboxylic acid groups (broad SMARTS) is 2. The molecule has 1 aliphatic rings. The lowest BCUT2D eigenvalue weighted by Gasteiger charge is -2.08. The summed E-state index contributed by atoms with van der Waals surface area (Å²) < 4.78 is 31.7. The van der Waals surface area contributed by atoms with E-state index in [1.165, 1.54) is 6.08 Å². The van der Waals surface area contributed by atoms with Gasteiger partial charge in [-0.1, -0.05) is 6.08 Å². The minimum Gasteiger partial charge on any atom is -0.480 e. The first-order valence-electron chi connectivity index (χ1n) is 5.20. The predicted octanol–water partition coefficient (Wildman–Crippen LogP) is 0.0561. The van der Waals surface area contributed by atoms with Gasteiger partial charge in [0.2, 0.25) is 11.6 Å². The maximum absolute atomic E-state index is 10.9. The van der Waals surface area contributed by atoms with E-state index in [4.69, 9.17) is 20.7 Å². The van der Waals surface area contributed by atoms with Crippen LogP contribution in [-0.4, -0.2) is 45.9 Å². The van der Waals surface area contributed by atoms with Crippen molar-refractivity contribution in [3.8, 4) is 0 Å². The van der Waals surface area contributed by atoms with Crippen molar-refractivity contribution in [3.63, 3.8) is 0 Å². The first-order chi connectivity index (χ1) is 9.45. The first kappa shape index (κ1) is 18.5. The van der Waals surface area contributed by atoms with E-state index < -0.39 is 35.7 Å². The van der Waals surface area contributed by atoms with Crippen LogP contribution in [0.2, 0.25) is 0 Å². The predicted molar refractivity (Wildman–Crippen MR) is 61.2 cm³/mol. The molecular formula is C11H10F3NO6. The number of aliphatic carboxylic acids is 2. The normalized spacial score (nSPS) is 15.7. The molecule has 0 saturated carbocycles. The minimum absolute atomic E-state index is 0.0465. The zero-order valence-electron chi connectivity index (χ0n) is 10.3. The van der Waals surface area contributed by atoms with Gasteiger partial charge in [-0.2, -0.15) is 13.2 Å². The van der Waals surface area contributed by atoms with Crippen molar-refractivity contribution in [2.45, 2.75) is 18.6 Å². The van der Waals surface area contributed by atoms with Crippen LogP contribution in [0.1, 0.15) is 6.42 Å². The molecule has 0 heterocycles. The van der Waals surface area contributed by atoms with E-state index in [9.17, 15) is 27.6 Å². The number of halogens is 3. The fourth-order valence-electron chi connectivity index (χ4n) is 1.02. The molecule has 1 rings (SSSR count). The minimum atomic E-state index is -5.08.